The zero-order chi connectivity index (χ0) is 13.1. The number of para-hydroxylation sites is 1. The van der Waals surface area contributed by atoms with Gasteiger partial charge in [-0.2, -0.15) is 0 Å². The second-order valence-corrected chi connectivity index (χ2v) is 4.71. The van der Waals surface area contributed by atoms with E-state index >= 15 is 0 Å². The van der Waals surface area contributed by atoms with Crippen LogP contribution in [0.2, 0.25) is 0 Å². The minimum atomic E-state index is 0.0797. The molecule has 1 N–H and O–H groups in total. The Morgan fingerprint density at radius 3 is 2.26 bits per heavy atom. The Morgan fingerprint density at radius 2 is 1.58 bits per heavy atom. The number of benzene rings is 2. The molecule has 1 aliphatic rings. The topological polar surface area (TPSA) is 32.3 Å². The van der Waals surface area contributed by atoms with Gasteiger partial charge in [-0.25, -0.2) is 0 Å². The van der Waals surface area contributed by atoms with Gasteiger partial charge < -0.3 is 0 Å². The van der Waals surface area contributed by atoms with Crippen LogP contribution in [0.5, 0.6) is 0 Å². The molecule has 1 atom stereocenters. The molecule has 3 heteroatoms. The van der Waals surface area contributed by atoms with Crippen LogP contribution < -0.4 is 10.4 Å². The molecule has 1 amide bonds. The molecule has 1 aliphatic heterocycles. The Labute approximate surface area is 112 Å². The molecule has 2 aromatic rings. The lowest BCUT2D eigenvalue weighted by atomic mass is 9.99. The second kappa shape index (κ2) is 5.14. The zero-order valence-electron chi connectivity index (χ0n) is 10.6. The predicted octanol–water partition coefficient (Wildman–Crippen LogP) is 3.06. The molecule has 3 nitrogen and oxygen atoms in total. The first-order chi connectivity index (χ1) is 9.34. The highest BCUT2D eigenvalue weighted by Gasteiger charge is 2.27. The first kappa shape index (κ1) is 11.8. The third kappa shape index (κ3) is 2.45. The molecule has 3 rings (SSSR count). The van der Waals surface area contributed by atoms with E-state index in [0.717, 1.165) is 12.1 Å². The summed E-state index contributed by atoms with van der Waals surface area (Å²) in [6.45, 7) is 0. The van der Waals surface area contributed by atoms with Crippen molar-refractivity contribution >= 4 is 11.6 Å². The third-order valence-electron chi connectivity index (χ3n) is 3.42. The average Bonchev–Trinajstić information content (AvgIpc) is 2.49. The van der Waals surface area contributed by atoms with Gasteiger partial charge in [-0.3, -0.25) is 15.2 Å². The molecule has 2 aromatic carbocycles. The van der Waals surface area contributed by atoms with Gasteiger partial charge in [0.2, 0.25) is 5.91 Å². The minimum Gasteiger partial charge on any atom is -0.278 e. The molecule has 0 aromatic heterocycles. The van der Waals surface area contributed by atoms with Crippen LogP contribution in [0.15, 0.2) is 60.7 Å². The van der Waals surface area contributed by atoms with Crippen LogP contribution in [0, 0.1) is 0 Å². The van der Waals surface area contributed by atoms with E-state index in [-0.39, 0.29) is 11.9 Å². The molecule has 0 aliphatic carbocycles. The maximum Gasteiger partial charge on any atom is 0.238 e. The number of hydrazine groups is 1. The third-order valence-corrected chi connectivity index (χ3v) is 3.42. The summed E-state index contributed by atoms with van der Waals surface area (Å²) in [6.07, 6.45) is 1.41. The van der Waals surface area contributed by atoms with E-state index in [1.807, 2.05) is 53.5 Å². The summed E-state index contributed by atoms with van der Waals surface area (Å²) in [5.41, 5.74) is 5.22. The lowest BCUT2D eigenvalue weighted by Gasteiger charge is -2.37. The van der Waals surface area contributed by atoms with Crippen molar-refractivity contribution in [3.63, 3.8) is 0 Å². The van der Waals surface area contributed by atoms with E-state index in [0.29, 0.717) is 6.42 Å². The van der Waals surface area contributed by atoms with Crippen molar-refractivity contribution in [1.29, 1.82) is 0 Å². The number of nitrogens with one attached hydrogen (secondary N) is 1. The van der Waals surface area contributed by atoms with Crippen LogP contribution in [0.4, 0.5) is 5.69 Å². The first-order valence-electron chi connectivity index (χ1n) is 6.53. The van der Waals surface area contributed by atoms with Gasteiger partial charge in [0.1, 0.15) is 0 Å². The number of anilines is 1. The molecule has 0 bridgehead atoms. The number of hydrogen-bond donors (Lipinski definition) is 1. The number of nitrogens with zero attached hydrogens (tertiary/aromatic N) is 1. The molecule has 0 saturated carbocycles. The van der Waals surface area contributed by atoms with Gasteiger partial charge in [0.25, 0.3) is 0 Å². The summed E-state index contributed by atoms with van der Waals surface area (Å²) in [5.74, 6) is 0.0797. The monoisotopic (exact) mass is 252 g/mol. The Kier molecular flexibility index (Phi) is 3.19. The summed E-state index contributed by atoms with van der Waals surface area (Å²) in [5, 5.41) is 1.97. The Hall–Kier alpha value is -2.29. The maximum atomic E-state index is 11.7. The lowest BCUT2D eigenvalue weighted by molar-refractivity contribution is -0.122. The van der Waals surface area contributed by atoms with Crippen molar-refractivity contribution in [3.05, 3.63) is 66.2 Å². The second-order valence-electron chi connectivity index (χ2n) is 4.71. The van der Waals surface area contributed by atoms with Crippen molar-refractivity contribution in [2.75, 3.05) is 5.01 Å². The number of rotatable bonds is 2. The molecular formula is C16H16N2O. The molecule has 1 heterocycles. The Bertz CT molecular complexity index is 553. The lowest BCUT2D eigenvalue weighted by Crippen LogP contribution is -2.48. The molecular weight excluding hydrogens is 236 g/mol. The molecule has 1 saturated heterocycles. The van der Waals surface area contributed by atoms with Gasteiger partial charge >= 0.3 is 0 Å². The smallest absolute Gasteiger partial charge is 0.238 e. The zero-order valence-corrected chi connectivity index (χ0v) is 10.6. The fourth-order valence-electron chi connectivity index (χ4n) is 2.49. The van der Waals surface area contributed by atoms with Crippen LogP contribution in [-0.2, 0) is 4.79 Å². The highest BCUT2D eigenvalue weighted by molar-refractivity contribution is 5.79. The molecule has 19 heavy (non-hydrogen) atoms. The maximum absolute atomic E-state index is 11.7. The summed E-state index contributed by atoms with van der Waals surface area (Å²) in [6, 6.07) is 20.5. The number of carbonyl (C=O) groups is 1. The van der Waals surface area contributed by atoms with Crippen LogP contribution >= 0.6 is 0 Å². The molecule has 1 unspecified atom stereocenters. The molecule has 96 valence electrons. The standard InChI is InChI=1S/C16H16N2O/c19-16-12-11-15(13-7-3-1-4-8-13)18(17-16)14-9-5-2-6-10-14/h1-10,15H,11-12H2,(H,17,19). The predicted molar refractivity (Wildman–Crippen MR) is 75.5 cm³/mol. The summed E-state index contributed by atoms with van der Waals surface area (Å²) < 4.78 is 0. The highest BCUT2D eigenvalue weighted by Crippen LogP contribution is 2.31. The van der Waals surface area contributed by atoms with Crippen molar-refractivity contribution in [2.45, 2.75) is 18.9 Å². The van der Waals surface area contributed by atoms with Gasteiger partial charge in [0.05, 0.1) is 11.7 Å². The van der Waals surface area contributed by atoms with E-state index in [9.17, 15) is 4.79 Å². The highest BCUT2D eigenvalue weighted by atomic mass is 16.2. The van der Waals surface area contributed by atoms with E-state index in [1.54, 1.807) is 0 Å². The van der Waals surface area contributed by atoms with E-state index in [2.05, 4.69) is 17.6 Å². The van der Waals surface area contributed by atoms with Crippen molar-refractivity contribution in [2.24, 2.45) is 0 Å². The minimum absolute atomic E-state index is 0.0797. The summed E-state index contributed by atoms with van der Waals surface area (Å²) in [7, 11) is 0. The average molecular weight is 252 g/mol. The van der Waals surface area contributed by atoms with Crippen LogP contribution in [-0.4, -0.2) is 5.91 Å². The SMILES string of the molecule is O=C1CCC(c2ccccc2)N(c2ccccc2)N1. The van der Waals surface area contributed by atoms with Gasteiger partial charge in [-0.05, 0) is 24.1 Å². The fraction of sp³-hybridized carbons (Fsp3) is 0.188. The van der Waals surface area contributed by atoms with Crippen molar-refractivity contribution < 1.29 is 4.79 Å². The van der Waals surface area contributed by atoms with Gasteiger partial charge in [-0.1, -0.05) is 48.5 Å². The van der Waals surface area contributed by atoms with Gasteiger partial charge in [0, 0.05) is 6.42 Å². The molecule has 0 radical (unpaired) electrons. The number of amides is 1. The van der Waals surface area contributed by atoms with E-state index < -0.39 is 0 Å². The number of hydrogen-bond acceptors (Lipinski definition) is 2. The van der Waals surface area contributed by atoms with Crippen LogP contribution in [0.1, 0.15) is 24.4 Å². The Balaban J connectivity index is 1.95. The molecule has 1 fully saturated rings. The largest absolute Gasteiger partial charge is 0.278 e. The fourth-order valence-corrected chi connectivity index (χ4v) is 2.49. The summed E-state index contributed by atoms with van der Waals surface area (Å²) in [4.78, 5) is 11.7. The quantitative estimate of drug-likeness (QED) is 0.891. The number of carbonyl (C=O) groups excluding carboxylic acids is 1. The Morgan fingerprint density at radius 1 is 0.947 bits per heavy atom. The van der Waals surface area contributed by atoms with Crippen LogP contribution in [0.25, 0.3) is 0 Å². The van der Waals surface area contributed by atoms with Crippen molar-refractivity contribution in [1.82, 2.24) is 5.43 Å². The van der Waals surface area contributed by atoms with Gasteiger partial charge in [0.15, 0.2) is 0 Å². The van der Waals surface area contributed by atoms with E-state index in [1.165, 1.54) is 5.56 Å². The van der Waals surface area contributed by atoms with Crippen molar-refractivity contribution in [3.8, 4) is 0 Å². The summed E-state index contributed by atoms with van der Waals surface area (Å²) >= 11 is 0. The first-order valence-corrected chi connectivity index (χ1v) is 6.53. The van der Waals surface area contributed by atoms with Gasteiger partial charge in [-0.15, -0.1) is 0 Å². The van der Waals surface area contributed by atoms with E-state index in [4.69, 9.17) is 0 Å². The van der Waals surface area contributed by atoms with Crippen LogP contribution in [0.3, 0.4) is 0 Å². The normalized spacial score (nSPS) is 19.1. The molecule has 0 spiro atoms.